The van der Waals surface area contributed by atoms with E-state index in [1.54, 1.807) is 0 Å². The van der Waals surface area contributed by atoms with Gasteiger partial charge in [-0.15, -0.1) is 0 Å². The van der Waals surface area contributed by atoms with Crippen molar-refractivity contribution in [2.24, 2.45) is 5.84 Å². The number of hydrazine groups is 1. The average Bonchev–Trinajstić information content (AvgIpc) is 1.99. The Morgan fingerprint density at radius 2 is 1.62 bits per heavy atom. The molecular weight excluding hydrogens is 166 g/mol. The lowest BCUT2D eigenvalue weighted by Crippen LogP contribution is -2.62. The van der Waals surface area contributed by atoms with Crippen molar-refractivity contribution in [1.29, 1.82) is 0 Å². The molecule has 0 amide bonds. The zero-order valence-electron chi connectivity index (χ0n) is 8.92. The monoisotopic (exact) mass is 186 g/mol. The van der Waals surface area contributed by atoms with Crippen LogP contribution in [-0.2, 0) is 0 Å². The number of hydrogen-bond acceptors (Lipinski definition) is 4. The van der Waals surface area contributed by atoms with Gasteiger partial charge in [0.25, 0.3) is 0 Å². The second-order valence-electron chi connectivity index (χ2n) is 5.19. The van der Waals surface area contributed by atoms with E-state index in [-0.39, 0.29) is 17.1 Å². The molecule has 0 aromatic carbocycles. The molecule has 0 bridgehead atoms. The second-order valence-corrected chi connectivity index (χ2v) is 5.19. The van der Waals surface area contributed by atoms with Crippen LogP contribution in [0.25, 0.3) is 0 Å². The van der Waals surface area contributed by atoms with Gasteiger partial charge < -0.3 is 10.3 Å². The summed E-state index contributed by atoms with van der Waals surface area (Å²) in [6.45, 7) is 7.85. The van der Waals surface area contributed by atoms with Crippen LogP contribution in [-0.4, -0.2) is 22.2 Å². The largest absolute Gasteiger partial charge is 0.784 e. The molecule has 0 saturated carbocycles. The lowest BCUT2D eigenvalue weighted by molar-refractivity contribution is 0.00164. The maximum atomic E-state index is 11.9. The van der Waals surface area contributed by atoms with Crippen LogP contribution < -0.4 is 11.3 Å². The Kier molecular flexibility index (Phi) is 2.69. The van der Waals surface area contributed by atoms with Crippen LogP contribution in [0.2, 0.25) is 0 Å². The van der Waals surface area contributed by atoms with E-state index in [0.717, 1.165) is 12.8 Å². The van der Waals surface area contributed by atoms with E-state index in [1.807, 2.05) is 27.7 Å². The zero-order valence-corrected chi connectivity index (χ0v) is 8.92. The average molecular weight is 186 g/mol. The van der Waals surface area contributed by atoms with Gasteiger partial charge in [0.05, 0.1) is 0 Å². The van der Waals surface area contributed by atoms with E-state index in [2.05, 4.69) is 5.43 Å². The zero-order chi connectivity index (χ0) is 10.3. The number of hydrogen-bond donors (Lipinski definition) is 2. The first kappa shape index (κ1) is 10.9. The fourth-order valence-electron chi connectivity index (χ4n) is 2.38. The van der Waals surface area contributed by atoms with Gasteiger partial charge in [-0.05, 0) is 40.5 Å². The van der Waals surface area contributed by atoms with E-state index in [4.69, 9.17) is 5.84 Å². The van der Waals surface area contributed by atoms with Gasteiger partial charge in [0.1, 0.15) is 0 Å². The number of nitrogens with one attached hydrogen (secondary N) is 1. The molecule has 78 valence electrons. The van der Waals surface area contributed by atoms with Crippen molar-refractivity contribution in [2.75, 3.05) is 0 Å². The Morgan fingerprint density at radius 1 is 1.23 bits per heavy atom. The molecule has 13 heavy (non-hydrogen) atoms. The Hall–Kier alpha value is -0.160. The Bertz CT molecular complexity index is 173. The highest BCUT2D eigenvalue weighted by molar-refractivity contribution is 5.01. The van der Waals surface area contributed by atoms with Crippen LogP contribution in [0.1, 0.15) is 40.5 Å². The molecule has 1 fully saturated rings. The summed E-state index contributed by atoms with van der Waals surface area (Å²) in [5.41, 5.74) is 2.13. The highest BCUT2D eigenvalue weighted by Gasteiger charge is 2.39. The Balaban J connectivity index is 2.82. The summed E-state index contributed by atoms with van der Waals surface area (Å²) in [7, 11) is 0. The number of nitrogens with two attached hydrogens (primary N) is 1. The smallest absolute Gasteiger partial charge is 0.0244 e. The van der Waals surface area contributed by atoms with Crippen LogP contribution in [0.4, 0.5) is 0 Å². The maximum Gasteiger partial charge on any atom is 0.0244 e. The summed E-state index contributed by atoms with van der Waals surface area (Å²) in [5.74, 6) is 5.42. The normalized spacial score (nSPS) is 29.1. The molecule has 1 aliphatic rings. The van der Waals surface area contributed by atoms with Crippen molar-refractivity contribution >= 4 is 0 Å². The minimum atomic E-state index is -0.321. The lowest BCUT2D eigenvalue weighted by atomic mass is 9.79. The van der Waals surface area contributed by atoms with Gasteiger partial charge in [-0.2, -0.15) is 0 Å². The van der Waals surface area contributed by atoms with E-state index < -0.39 is 0 Å². The van der Waals surface area contributed by atoms with Crippen LogP contribution in [0.15, 0.2) is 0 Å². The first-order chi connectivity index (χ1) is 5.79. The highest BCUT2D eigenvalue weighted by atomic mass is 16.5. The minimum Gasteiger partial charge on any atom is -0.784 e. The summed E-state index contributed by atoms with van der Waals surface area (Å²) in [5, 5.41) is 13.1. The van der Waals surface area contributed by atoms with Gasteiger partial charge in [-0.1, -0.05) is 0 Å². The highest BCUT2D eigenvalue weighted by Crippen LogP contribution is 2.36. The second kappa shape index (κ2) is 3.20. The fraction of sp³-hybridized carbons (Fsp3) is 1.00. The van der Waals surface area contributed by atoms with Crippen LogP contribution >= 0.6 is 0 Å². The van der Waals surface area contributed by atoms with Gasteiger partial charge in [-0.3, -0.25) is 11.3 Å². The van der Waals surface area contributed by atoms with Crippen molar-refractivity contribution in [1.82, 2.24) is 10.5 Å². The molecule has 0 atom stereocenters. The predicted molar refractivity (Wildman–Crippen MR) is 53.7 cm³/mol. The van der Waals surface area contributed by atoms with Gasteiger partial charge in [0.15, 0.2) is 0 Å². The van der Waals surface area contributed by atoms with Crippen molar-refractivity contribution in [3.05, 3.63) is 5.21 Å². The van der Waals surface area contributed by atoms with E-state index in [1.165, 1.54) is 5.06 Å². The van der Waals surface area contributed by atoms with Gasteiger partial charge >= 0.3 is 0 Å². The molecule has 4 heteroatoms. The topological polar surface area (TPSA) is 64.3 Å². The van der Waals surface area contributed by atoms with Crippen molar-refractivity contribution in [3.8, 4) is 0 Å². The summed E-state index contributed by atoms with van der Waals surface area (Å²) in [6, 6.07) is 0.246. The molecule has 0 aromatic rings. The first-order valence-corrected chi connectivity index (χ1v) is 4.73. The van der Waals surface area contributed by atoms with Crippen molar-refractivity contribution < 1.29 is 0 Å². The molecule has 1 rings (SSSR count). The molecule has 1 saturated heterocycles. The third kappa shape index (κ3) is 2.02. The SMILES string of the molecule is CC1(C)CC(NN)CC(C)(C)N1[O-]. The summed E-state index contributed by atoms with van der Waals surface area (Å²) < 4.78 is 0. The van der Waals surface area contributed by atoms with Gasteiger partial charge in [0, 0.05) is 17.1 Å². The molecule has 1 heterocycles. The van der Waals surface area contributed by atoms with Crippen molar-refractivity contribution in [2.45, 2.75) is 57.7 Å². The minimum absolute atomic E-state index is 0.246. The Morgan fingerprint density at radius 3 is 1.92 bits per heavy atom. The Labute approximate surface area is 80.0 Å². The number of piperidine rings is 1. The fourth-order valence-corrected chi connectivity index (χ4v) is 2.38. The van der Waals surface area contributed by atoms with Gasteiger partial charge in [-0.25, -0.2) is 0 Å². The molecule has 0 aliphatic carbocycles. The van der Waals surface area contributed by atoms with E-state index >= 15 is 0 Å². The molecule has 1 aliphatic heterocycles. The quantitative estimate of drug-likeness (QED) is 0.473. The van der Waals surface area contributed by atoms with Crippen LogP contribution in [0.5, 0.6) is 0 Å². The molecule has 0 spiro atoms. The summed E-state index contributed by atoms with van der Waals surface area (Å²) in [4.78, 5) is 0. The van der Waals surface area contributed by atoms with Crippen LogP contribution in [0, 0.1) is 5.21 Å². The lowest BCUT2D eigenvalue weighted by Gasteiger charge is -2.59. The molecule has 0 aromatic heterocycles. The molecule has 4 nitrogen and oxygen atoms in total. The van der Waals surface area contributed by atoms with E-state index in [9.17, 15) is 5.21 Å². The summed E-state index contributed by atoms with van der Waals surface area (Å²) in [6.07, 6.45) is 1.60. The number of rotatable bonds is 1. The maximum absolute atomic E-state index is 11.9. The van der Waals surface area contributed by atoms with Gasteiger partial charge in [0.2, 0.25) is 0 Å². The summed E-state index contributed by atoms with van der Waals surface area (Å²) >= 11 is 0. The van der Waals surface area contributed by atoms with E-state index in [0.29, 0.717) is 0 Å². The third-order valence-corrected chi connectivity index (χ3v) is 2.83. The molecule has 3 N–H and O–H groups in total. The molecular formula is C9H20N3O-. The van der Waals surface area contributed by atoms with Crippen LogP contribution in [0.3, 0.4) is 0 Å². The standard InChI is InChI=1S/C9H20N3O/c1-8(2)5-7(11-10)6-9(3,4)12(8)13/h7,11H,5-6,10H2,1-4H3/q-1. The number of nitrogens with zero attached hydrogens (tertiary/aromatic N) is 1. The van der Waals surface area contributed by atoms with Crippen molar-refractivity contribution in [3.63, 3.8) is 0 Å². The third-order valence-electron chi connectivity index (χ3n) is 2.83. The number of hydroxylamine groups is 2. The molecule has 0 radical (unpaired) electrons. The molecule has 0 unspecified atom stereocenters. The predicted octanol–water partition coefficient (Wildman–Crippen LogP) is 0.969. The first-order valence-electron chi connectivity index (χ1n) is 4.73.